The Labute approximate surface area is 767 Å². The van der Waals surface area contributed by atoms with Crippen LogP contribution in [0.4, 0.5) is 0 Å². The molecule has 24 rings (SSSR count). The van der Waals surface area contributed by atoms with Crippen molar-refractivity contribution in [1.82, 2.24) is 58.1 Å². The van der Waals surface area contributed by atoms with Crippen LogP contribution in [0.5, 0.6) is 0 Å². The van der Waals surface area contributed by atoms with Crippen molar-refractivity contribution >= 4 is 132 Å². The molecule has 0 amide bonds. The average Bonchev–Trinajstić information content (AvgIpc) is 1.54. The van der Waals surface area contributed by atoms with Gasteiger partial charge in [0.05, 0.1) is 38.7 Å². The van der Waals surface area contributed by atoms with Gasteiger partial charge in [-0.05, 0) is 169 Å². The number of hydrogen-bond donors (Lipinski definition) is 0. The molecule has 24 aromatic rings. The van der Waals surface area contributed by atoms with Crippen molar-refractivity contribution in [2.45, 2.75) is 77.0 Å². The van der Waals surface area contributed by atoms with E-state index in [0.29, 0.717) is 0 Å². The zero-order valence-electron chi connectivity index (χ0n) is 69.8. The minimum Gasteiger partial charge on any atom is -0.500 e. The Hall–Kier alpha value is -14.5. The summed E-state index contributed by atoms with van der Waals surface area (Å²) in [6.45, 7) is 0. The molecular formula is C112H82Ir2N12O2. The number of aromatic nitrogens is 12. The molecule has 0 saturated carbocycles. The first-order chi connectivity index (χ1) is 62.6. The molecule has 0 bridgehead atoms. The SMILES string of the molecule is [Ir+3].[Ir+3].[c-]1ccc2c(oc3cccnc32)c1-c1ccccn1.[c-]1ccc2c(oc3ccncc32)c1-c1ccccn1.[c-]1ccccc1-n1c2ccccc2c2cc(CCCCCCc3cnc4c(c3)c3ccccc3n4-c3[c-]cccc3)cnc21.[c-]1ccccc1-n1c2ccccc2c2cc(CCCCCCc3cnc4c(c3)c3ccccc3n4-c3[c-]cccc3)cnc21. The van der Waals surface area contributed by atoms with Gasteiger partial charge in [0.1, 0.15) is 33.8 Å². The second kappa shape index (κ2) is 38.1. The molecule has 0 atom stereocenters. The predicted molar refractivity (Wildman–Crippen MR) is 509 cm³/mol. The van der Waals surface area contributed by atoms with E-state index in [1.807, 2.05) is 134 Å². The summed E-state index contributed by atoms with van der Waals surface area (Å²) in [7, 11) is 0. The second-order valence-corrected chi connectivity index (χ2v) is 31.6. The molecular weight excluding hydrogens is 1930 g/mol. The monoisotopic (exact) mass is 2010 g/mol. The largest absolute Gasteiger partial charge is 3.00 e. The number of benzene rings is 10. The molecule has 0 aliphatic heterocycles. The van der Waals surface area contributed by atoms with Crippen LogP contribution < -0.4 is 0 Å². The van der Waals surface area contributed by atoms with E-state index in [-0.39, 0.29) is 40.2 Å². The van der Waals surface area contributed by atoms with Crippen molar-refractivity contribution in [2.75, 3.05) is 0 Å². The van der Waals surface area contributed by atoms with Crippen molar-refractivity contribution in [3.63, 3.8) is 0 Å². The standard InChI is InChI=1S/2C40H32N4.2C16H9N2O.2Ir/c2*1(5-15-29-25-35-33-21-11-13-23-37(33)43(39(35)41-27-29)31-17-7-3-8-18-31)2-6-16-30-26-36-34-22-12-14-24-38(34)44(40(36)42-28-30)32-19-9-4-10-20-32;1-2-9-17-13(7-1)11-5-3-6-12-15-14(19-16(11)12)8-4-10-18-15;1-2-8-18-14(6-1)12-5-3-4-11-13-10-17-9-7-15(13)19-16(11)12;;/h2*3-4,7-14,17,19,21-28H,1-2,5-6,15-16H2;2*1-4,6-10H;;/q2*-2;2*-1;2*+3. The molecule has 128 heavy (non-hydrogen) atoms. The fourth-order valence-electron chi connectivity index (χ4n) is 17.7. The summed E-state index contributed by atoms with van der Waals surface area (Å²) >= 11 is 0. The number of nitrogens with zero attached hydrogens (tertiary/aromatic N) is 12. The molecule has 0 spiro atoms. The fourth-order valence-corrected chi connectivity index (χ4v) is 17.7. The molecule has 10 aromatic carbocycles. The van der Waals surface area contributed by atoms with Crippen LogP contribution in [0.3, 0.4) is 0 Å². The average molecular weight is 2010 g/mol. The summed E-state index contributed by atoms with van der Waals surface area (Å²) in [5.74, 6) is 0. The van der Waals surface area contributed by atoms with Crippen LogP contribution in [0.1, 0.15) is 73.6 Å². The van der Waals surface area contributed by atoms with E-state index in [2.05, 4.69) is 269 Å². The first kappa shape index (κ1) is 83.1. The van der Waals surface area contributed by atoms with Crippen LogP contribution in [0, 0.1) is 36.4 Å². The topological polar surface area (TPSA) is 149 Å². The maximum Gasteiger partial charge on any atom is 3.00 e. The molecule has 0 fully saturated rings. The van der Waals surface area contributed by atoms with Crippen LogP contribution in [-0.4, -0.2) is 58.1 Å². The van der Waals surface area contributed by atoms with Crippen LogP contribution in [0.15, 0.2) is 362 Å². The van der Waals surface area contributed by atoms with Gasteiger partial charge in [0.15, 0.2) is 0 Å². The van der Waals surface area contributed by atoms with E-state index >= 15 is 0 Å². The van der Waals surface area contributed by atoms with Gasteiger partial charge < -0.3 is 37.1 Å². The quantitative estimate of drug-likeness (QED) is 0.0533. The van der Waals surface area contributed by atoms with Crippen molar-refractivity contribution in [3.8, 4) is 45.3 Å². The summed E-state index contributed by atoms with van der Waals surface area (Å²) in [6.07, 6.45) is 30.8. The van der Waals surface area contributed by atoms with Crippen molar-refractivity contribution in [3.05, 3.63) is 412 Å². The van der Waals surface area contributed by atoms with Crippen molar-refractivity contribution < 1.29 is 49.0 Å². The Morgan fingerprint density at radius 1 is 0.242 bits per heavy atom. The van der Waals surface area contributed by atoms with Gasteiger partial charge in [-0.25, -0.2) is 19.9 Å². The van der Waals surface area contributed by atoms with Gasteiger partial charge in [-0.2, -0.15) is 97.1 Å². The minimum atomic E-state index is 0. The Balaban J connectivity index is 0.000000118. The van der Waals surface area contributed by atoms with Crippen LogP contribution in [0.25, 0.3) is 177 Å². The number of hydrogen-bond acceptors (Lipinski definition) is 10. The summed E-state index contributed by atoms with van der Waals surface area (Å²) < 4.78 is 20.7. The molecule has 14 aromatic heterocycles. The summed E-state index contributed by atoms with van der Waals surface area (Å²) in [6, 6.07) is 121. The Morgan fingerprint density at radius 2 is 0.586 bits per heavy atom. The first-order valence-corrected chi connectivity index (χ1v) is 43.2. The molecule has 620 valence electrons. The summed E-state index contributed by atoms with van der Waals surface area (Å²) in [5.41, 5.74) is 25.5. The van der Waals surface area contributed by atoms with Gasteiger partial charge in [0.2, 0.25) is 0 Å². The molecule has 14 nitrogen and oxygen atoms in total. The van der Waals surface area contributed by atoms with Crippen LogP contribution >= 0.6 is 0 Å². The zero-order valence-corrected chi connectivity index (χ0v) is 74.6. The van der Waals surface area contributed by atoms with E-state index in [9.17, 15) is 0 Å². The second-order valence-electron chi connectivity index (χ2n) is 31.6. The van der Waals surface area contributed by atoms with Crippen LogP contribution in [0.2, 0.25) is 0 Å². The van der Waals surface area contributed by atoms with Gasteiger partial charge in [0, 0.05) is 104 Å². The number of furan rings is 2. The Kier molecular flexibility index (Phi) is 24.8. The fraction of sp³-hybridized carbons (Fsp3) is 0.107. The van der Waals surface area contributed by atoms with Crippen molar-refractivity contribution in [1.29, 1.82) is 0 Å². The smallest absolute Gasteiger partial charge is 0.500 e. The normalized spacial score (nSPS) is 11.4. The number of aryl methyl sites for hydroxylation is 4. The zero-order chi connectivity index (χ0) is 83.9. The van der Waals surface area contributed by atoms with Gasteiger partial charge in [-0.15, -0.1) is 60.7 Å². The molecule has 14 heterocycles. The first-order valence-electron chi connectivity index (χ1n) is 43.2. The van der Waals surface area contributed by atoms with Gasteiger partial charge in [-0.1, -0.05) is 162 Å². The van der Waals surface area contributed by atoms with E-state index < -0.39 is 0 Å². The molecule has 0 saturated heterocycles. The minimum absolute atomic E-state index is 0. The summed E-state index contributed by atoms with van der Waals surface area (Å²) in [4.78, 5) is 37.0. The van der Waals surface area contributed by atoms with E-state index in [1.54, 1.807) is 24.8 Å². The molecule has 0 aliphatic carbocycles. The van der Waals surface area contributed by atoms with E-state index in [1.165, 1.54) is 113 Å². The van der Waals surface area contributed by atoms with Crippen molar-refractivity contribution in [2.24, 2.45) is 0 Å². The third-order valence-corrected chi connectivity index (χ3v) is 23.6. The van der Waals surface area contributed by atoms with E-state index in [0.717, 1.165) is 163 Å². The van der Waals surface area contributed by atoms with Gasteiger partial charge in [-0.3, -0.25) is 9.97 Å². The van der Waals surface area contributed by atoms with Gasteiger partial charge in [0.25, 0.3) is 0 Å². The maximum atomic E-state index is 5.93. The predicted octanol–water partition coefficient (Wildman–Crippen LogP) is 26.9. The molecule has 0 aliphatic rings. The Morgan fingerprint density at radius 3 is 0.953 bits per heavy atom. The number of para-hydroxylation sites is 8. The molecule has 16 heteroatoms. The number of rotatable bonds is 20. The number of unbranched alkanes of at least 4 members (excludes halogenated alkanes) is 6. The summed E-state index contributed by atoms with van der Waals surface area (Å²) in [5, 5.41) is 12.9. The van der Waals surface area contributed by atoms with Gasteiger partial charge >= 0.3 is 40.2 Å². The molecule has 0 N–H and O–H groups in total. The van der Waals surface area contributed by atoms with E-state index in [4.69, 9.17) is 28.8 Å². The Bertz CT molecular complexity index is 7200. The number of pyridine rings is 8. The third kappa shape index (κ3) is 16.7. The molecule has 0 radical (unpaired) electrons. The number of fused-ring (bicyclic) bond motifs is 18. The third-order valence-electron chi connectivity index (χ3n) is 23.6. The molecule has 0 unspecified atom stereocenters. The maximum absolute atomic E-state index is 5.93. The van der Waals surface area contributed by atoms with Crippen LogP contribution in [-0.2, 0) is 65.9 Å².